The van der Waals surface area contributed by atoms with Crippen molar-refractivity contribution in [3.8, 4) is 0 Å². The third kappa shape index (κ3) is 6.13. The molecule has 1 aliphatic rings. The molecule has 0 aliphatic carbocycles. The third-order valence-electron chi connectivity index (χ3n) is 2.88. The van der Waals surface area contributed by atoms with Crippen LogP contribution in [0.25, 0.3) is 0 Å². The molecule has 6 heteroatoms. The molecule has 1 aliphatic heterocycles. The summed E-state index contributed by atoms with van der Waals surface area (Å²) in [5, 5.41) is 0.861. The fraction of sp³-hybridized carbons (Fsp3) is 0.917. The average Bonchev–Trinajstić information content (AvgIpc) is 2.41. The van der Waals surface area contributed by atoms with Crippen LogP contribution in [0.1, 0.15) is 12.8 Å². The van der Waals surface area contributed by atoms with Crippen molar-refractivity contribution in [3.05, 3.63) is 0 Å². The summed E-state index contributed by atoms with van der Waals surface area (Å²) in [5.74, 6) is 0.0602. The minimum Gasteiger partial charge on any atom is -0.382 e. The molecule has 1 saturated heterocycles. The molecule has 0 radical (unpaired) electrons. The minimum absolute atomic E-state index is 0.0602. The summed E-state index contributed by atoms with van der Waals surface area (Å²) in [4.78, 5) is 13.6. The van der Waals surface area contributed by atoms with Crippen LogP contribution in [-0.2, 0) is 19.0 Å². The summed E-state index contributed by atoms with van der Waals surface area (Å²) in [6.45, 7) is 3.40. The SMILES string of the molecule is COCCOCC(=O)N1CCC(OCCBr)CC1. The van der Waals surface area contributed by atoms with Crippen LogP contribution in [0.3, 0.4) is 0 Å². The summed E-state index contributed by atoms with van der Waals surface area (Å²) in [5.41, 5.74) is 0. The molecule has 0 aromatic carbocycles. The van der Waals surface area contributed by atoms with E-state index in [0.29, 0.717) is 19.3 Å². The summed E-state index contributed by atoms with van der Waals surface area (Å²) in [7, 11) is 1.61. The Morgan fingerprint density at radius 2 is 2.00 bits per heavy atom. The van der Waals surface area contributed by atoms with Crippen molar-refractivity contribution < 1.29 is 19.0 Å². The normalized spacial score (nSPS) is 17.1. The lowest BCUT2D eigenvalue weighted by Gasteiger charge is -2.31. The van der Waals surface area contributed by atoms with Gasteiger partial charge in [-0.25, -0.2) is 0 Å². The minimum atomic E-state index is 0.0602. The Bertz CT molecular complexity index is 232. The molecule has 1 amide bonds. The van der Waals surface area contributed by atoms with E-state index >= 15 is 0 Å². The molecule has 0 unspecified atom stereocenters. The maximum atomic E-state index is 11.8. The second-order valence-corrected chi connectivity index (χ2v) is 4.98. The van der Waals surface area contributed by atoms with E-state index < -0.39 is 0 Å². The van der Waals surface area contributed by atoms with E-state index in [1.807, 2.05) is 4.90 Å². The first-order chi connectivity index (χ1) is 8.77. The number of nitrogens with zero attached hydrogens (tertiary/aromatic N) is 1. The van der Waals surface area contributed by atoms with E-state index in [-0.39, 0.29) is 12.5 Å². The number of amides is 1. The Morgan fingerprint density at radius 3 is 2.61 bits per heavy atom. The summed E-state index contributed by atoms with van der Waals surface area (Å²) in [6, 6.07) is 0. The van der Waals surface area contributed by atoms with Gasteiger partial charge in [-0.1, -0.05) is 15.9 Å². The van der Waals surface area contributed by atoms with Crippen molar-refractivity contribution in [3.63, 3.8) is 0 Å². The Morgan fingerprint density at radius 1 is 1.28 bits per heavy atom. The fourth-order valence-electron chi connectivity index (χ4n) is 1.88. The van der Waals surface area contributed by atoms with Gasteiger partial charge in [-0.2, -0.15) is 0 Å². The van der Waals surface area contributed by atoms with Gasteiger partial charge in [0, 0.05) is 25.5 Å². The van der Waals surface area contributed by atoms with Crippen molar-refractivity contribution in [2.75, 3.05) is 52.0 Å². The highest BCUT2D eigenvalue weighted by Gasteiger charge is 2.22. The predicted octanol–water partition coefficient (Wildman–Crippen LogP) is 1.05. The van der Waals surface area contributed by atoms with Crippen molar-refractivity contribution in [1.82, 2.24) is 4.90 Å². The summed E-state index contributed by atoms with van der Waals surface area (Å²) in [6.07, 6.45) is 2.12. The highest BCUT2D eigenvalue weighted by molar-refractivity contribution is 9.09. The van der Waals surface area contributed by atoms with Crippen molar-refractivity contribution in [2.24, 2.45) is 0 Å². The first-order valence-electron chi connectivity index (χ1n) is 6.30. The van der Waals surface area contributed by atoms with Gasteiger partial charge in [0.1, 0.15) is 6.61 Å². The van der Waals surface area contributed by atoms with E-state index in [1.165, 1.54) is 0 Å². The summed E-state index contributed by atoms with van der Waals surface area (Å²) < 4.78 is 15.7. The van der Waals surface area contributed by atoms with Crippen LogP contribution < -0.4 is 0 Å². The monoisotopic (exact) mass is 323 g/mol. The maximum Gasteiger partial charge on any atom is 0.248 e. The van der Waals surface area contributed by atoms with Gasteiger partial charge in [0.2, 0.25) is 5.91 Å². The number of halogens is 1. The van der Waals surface area contributed by atoms with E-state index in [4.69, 9.17) is 14.2 Å². The molecule has 0 atom stereocenters. The van der Waals surface area contributed by atoms with Gasteiger partial charge < -0.3 is 19.1 Å². The number of ether oxygens (including phenoxy) is 3. The van der Waals surface area contributed by atoms with Crippen molar-refractivity contribution in [1.29, 1.82) is 0 Å². The van der Waals surface area contributed by atoms with Gasteiger partial charge >= 0.3 is 0 Å². The quantitative estimate of drug-likeness (QED) is 0.495. The number of carbonyl (C=O) groups excluding carboxylic acids is 1. The molecule has 106 valence electrons. The third-order valence-corrected chi connectivity index (χ3v) is 3.21. The van der Waals surface area contributed by atoms with Crippen LogP contribution >= 0.6 is 15.9 Å². The topological polar surface area (TPSA) is 48.0 Å². The zero-order valence-corrected chi connectivity index (χ0v) is 12.5. The van der Waals surface area contributed by atoms with Gasteiger partial charge in [0.05, 0.1) is 25.9 Å². The Kier molecular flexibility index (Phi) is 8.58. The number of hydrogen-bond acceptors (Lipinski definition) is 4. The largest absolute Gasteiger partial charge is 0.382 e. The second kappa shape index (κ2) is 9.72. The molecule has 0 bridgehead atoms. The number of piperidine rings is 1. The van der Waals surface area contributed by atoms with Gasteiger partial charge in [-0.3, -0.25) is 4.79 Å². The first kappa shape index (κ1) is 15.9. The van der Waals surface area contributed by atoms with Gasteiger partial charge in [-0.15, -0.1) is 0 Å². The maximum absolute atomic E-state index is 11.8. The number of likely N-dealkylation sites (tertiary alicyclic amines) is 1. The molecule has 18 heavy (non-hydrogen) atoms. The van der Waals surface area contributed by atoms with E-state index in [1.54, 1.807) is 7.11 Å². The molecule has 1 heterocycles. The molecule has 5 nitrogen and oxygen atoms in total. The van der Waals surface area contributed by atoms with Crippen LogP contribution in [0.5, 0.6) is 0 Å². The fourth-order valence-corrected chi connectivity index (χ4v) is 2.06. The van der Waals surface area contributed by atoms with E-state index in [9.17, 15) is 4.79 Å². The smallest absolute Gasteiger partial charge is 0.248 e. The van der Waals surface area contributed by atoms with Crippen LogP contribution in [0.15, 0.2) is 0 Å². The van der Waals surface area contributed by atoms with Crippen LogP contribution in [0, 0.1) is 0 Å². The van der Waals surface area contributed by atoms with Crippen LogP contribution in [-0.4, -0.2) is 68.9 Å². The number of alkyl halides is 1. The van der Waals surface area contributed by atoms with Crippen molar-refractivity contribution in [2.45, 2.75) is 18.9 Å². The Labute approximate surface area is 117 Å². The van der Waals surface area contributed by atoms with Gasteiger partial charge in [0.25, 0.3) is 0 Å². The molecule has 0 saturated carbocycles. The zero-order chi connectivity index (χ0) is 13.2. The number of methoxy groups -OCH3 is 1. The standard InChI is InChI=1S/C12H22BrNO4/c1-16-8-9-17-10-12(15)14-5-2-11(3-6-14)18-7-4-13/h11H,2-10H2,1H3. The average molecular weight is 324 g/mol. The van der Waals surface area contributed by atoms with E-state index in [0.717, 1.165) is 37.9 Å². The molecular weight excluding hydrogens is 302 g/mol. The molecule has 0 N–H and O–H groups in total. The molecule has 0 aromatic heterocycles. The van der Waals surface area contributed by atoms with Crippen LogP contribution in [0.2, 0.25) is 0 Å². The zero-order valence-electron chi connectivity index (χ0n) is 10.9. The molecule has 1 fully saturated rings. The lowest BCUT2D eigenvalue weighted by atomic mass is 10.1. The lowest BCUT2D eigenvalue weighted by molar-refractivity contribution is -0.139. The molecule has 0 spiro atoms. The second-order valence-electron chi connectivity index (χ2n) is 4.19. The van der Waals surface area contributed by atoms with Gasteiger partial charge in [-0.05, 0) is 12.8 Å². The highest BCUT2D eigenvalue weighted by atomic mass is 79.9. The number of rotatable bonds is 8. The van der Waals surface area contributed by atoms with Crippen molar-refractivity contribution >= 4 is 21.8 Å². The van der Waals surface area contributed by atoms with Gasteiger partial charge in [0.15, 0.2) is 0 Å². The Hall–Kier alpha value is -0.170. The molecular formula is C12H22BrNO4. The van der Waals surface area contributed by atoms with E-state index in [2.05, 4.69) is 15.9 Å². The predicted molar refractivity (Wildman–Crippen MR) is 72.0 cm³/mol. The van der Waals surface area contributed by atoms with Crippen LogP contribution in [0.4, 0.5) is 0 Å². The number of carbonyl (C=O) groups is 1. The number of hydrogen-bond donors (Lipinski definition) is 0. The first-order valence-corrected chi connectivity index (χ1v) is 7.42. The molecule has 0 aromatic rings. The highest BCUT2D eigenvalue weighted by Crippen LogP contribution is 2.14. The lowest BCUT2D eigenvalue weighted by Crippen LogP contribution is -2.42. The molecule has 1 rings (SSSR count). The summed E-state index contributed by atoms with van der Waals surface area (Å²) >= 11 is 3.34. The Balaban J connectivity index is 2.11.